The molecule has 1 saturated carbocycles. The van der Waals surface area contributed by atoms with Gasteiger partial charge in [0, 0.05) is 18.2 Å². The Morgan fingerprint density at radius 2 is 1.71 bits per heavy atom. The Balaban J connectivity index is 1.72. The number of carbonyl (C=O) groups is 1. The molecule has 0 atom stereocenters. The smallest absolute Gasteiger partial charge is 0.326 e. The Bertz CT molecular complexity index is 653. The predicted octanol–water partition coefficient (Wildman–Crippen LogP) is 0.982. The van der Waals surface area contributed by atoms with E-state index in [9.17, 15) is 14.4 Å². The van der Waals surface area contributed by atoms with Gasteiger partial charge in [0.05, 0.1) is 0 Å². The van der Waals surface area contributed by atoms with Gasteiger partial charge in [-0.2, -0.15) is 0 Å². The van der Waals surface area contributed by atoms with E-state index in [0.29, 0.717) is 6.54 Å². The number of hydrogen-bond acceptors (Lipinski definition) is 4. The summed E-state index contributed by atoms with van der Waals surface area (Å²) < 4.78 is 0. The molecule has 1 aliphatic heterocycles. The summed E-state index contributed by atoms with van der Waals surface area (Å²) in [5.41, 5.74) is -1.17. The standard InChI is InChI=1S/C17H26N4O3/c22-14-11-13(19-16(24)20-14)15(23)18-12-17(7-3-1-4-8-17)21-9-5-2-6-10-21/h11H,1-10,12H2,(H,18,23)(H2,19,20,22,24). The van der Waals surface area contributed by atoms with Gasteiger partial charge in [-0.3, -0.25) is 19.5 Å². The van der Waals surface area contributed by atoms with Crippen LogP contribution in [0.1, 0.15) is 61.9 Å². The van der Waals surface area contributed by atoms with Crippen molar-refractivity contribution in [1.29, 1.82) is 0 Å². The highest BCUT2D eigenvalue weighted by Gasteiger charge is 2.38. The van der Waals surface area contributed by atoms with Crippen molar-refractivity contribution in [2.45, 2.75) is 56.9 Å². The average molecular weight is 334 g/mol. The van der Waals surface area contributed by atoms with E-state index in [4.69, 9.17) is 0 Å². The molecule has 0 aromatic carbocycles. The van der Waals surface area contributed by atoms with E-state index in [1.54, 1.807) is 0 Å². The monoisotopic (exact) mass is 334 g/mol. The van der Waals surface area contributed by atoms with Crippen LogP contribution in [0.2, 0.25) is 0 Å². The quantitative estimate of drug-likeness (QED) is 0.764. The van der Waals surface area contributed by atoms with Crippen LogP contribution in [0.4, 0.5) is 0 Å². The second-order valence-electron chi connectivity index (χ2n) is 7.02. The first-order valence-corrected chi connectivity index (χ1v) is 8.96. The van der Waals surface area contributed by atoms with Crippen molar-refractivity contribution in [3.8, 4) is 0 Å². The zero-order valence-electron chi connectivity index (χ0n) is 14.0. The Morgan fingerprint density at radius 1 is 1.04 bits per heavy atom. The first kappa shape index (κ1) is 17.0. The van der Waals surface area contributed by atoms with E-state index in [1.807, 2.05) is 0 Å². The number of amides is 1. The number of hydrogen-bond donors (Lipinski definition) is 3. The fourth-order valence-corrected chi connectivity index (χ4v) is 4.11. The summed E-state index contributed by atoms with van der Waals surface area (Å²) in [5, 5.41) is 2.96. The number of rotatable bonds is 4. The Morgan fingerprint density at radius 3 is 2.38 bits per heavy atom. The molecule has 3 N–H and O–H groups in total. The zero-order valence-corrected chi connectivity index (χ0v) is 14.0. The van der Waals surface area contributed by atoms with Gasteiger partial charge >= 0.3 is 5.69 Å². The van der Waals surface area contributed by atoms with E-state index < -0.39 is 11.2 Å². The van der Waals surface area contributed by atoms with Crippen LogP contribution in [0.5, 0.6) is 0 Å². The normalized spacial score (nSPS) is 21.3. The second kappa shape index (κ2) is 7.34. The number of nitrogens with zero attached hydrogens (tertiary/aromatic N) is 1. The van der Waals surface area contributed by atoms with Crippen molar-refractivity contribution in [1.82, 2.24) is 20.2 Å². The molecule has 1 saturated heterocycles. The van der Waals surface area contributed by atoms with Crippen molar-refractivity contribution in [2.75, 3.05) is 19.6 Å². The first-order chi connectivity index (χ1) is 11.6. The topological polar surface area (TPSA) is 98.1 Å². The molecule has 2 fully saturated rings. The lowest BCUT2D eigenvalue weighted by molar-refractivity contribution is 0.0326. The summed E-state index contributed by atoms with van der Waals surface area (Å²) >= 11 is 0. The van der Waals surface area contributed by atoms with Crippen LogP contribution in [-0.4, -0.2) is 45.9 Å². The molecular weight excluding hydrogens is 308 g/mol. The van der Waals surface area contributed by atoms with Crippen LogP contribution in [0.15, 0.2) is 15.7 Å². The van der Waals surface area contributed by atoms with Gasteiger partial charge in [-0.15, -0.1) is 0 Å². The van der Waals surface area contributed by atoms with E-state index in [2.05, 4.69) is 20.2 Å². The number of carbonyl (C=O) groups excluding carboxylic acids is 1. The lowest BCUT2D eigenvalue weighted by Crippen LogP contribution is -2.58. The van der Waals surface area contributed by atoms with E-state index in [1.165, 1.54) is 38.5 Å². The Labute approximate surface area is 140 Å². The third-order valence-electron chi connectivity index (χ3n) is 5.39. The maximum atomic E-state index is 12.4. The minimum atomic E-state index is -0.656. The predicted molar refractivity (Wildman–Crippen MR) is 91.3 cm³/mol. The highest BCUT2D eigenvalue weighted by molar-refractivity contribution is 5.92. The number of piperidine rings is 1. The van der Waals surface area contributed by atoms with E-state index in [-0.39, 0.29) is 17.1 Å². The van der Waals surface area contributed by atoms with Crippen molar-refractivity contribution in [2.24, 2.45) is 0 Å². The SMILES string of the molecule is O=C(NCC1(N2CCCCC2)CCCCC1)c1cc(=O)[nH]c(=O)[nH]1. The number of aromatic nitrogens is 2. The molecule has 132 valence electrons. The minimum absolute atomic E-state index is 0.0216. The van der Waals surface area contributed by atoms with Crippen LogP contribution in [0.25, 0.3) is 0 Å². The van der Waals surface area contributed by atoms with Gasteiger partial charge in [-0.1, -0.05) is 25.7 Å². The first-order valence-electron chi connectivity index (χ1n) is 8.96. The number of aromatic amines is 2. The molecular formula is C17H26N4O3. The molecule has 2 aliphatic rings. The summed E-state index contributed by atoms with van der Waals surface area (Å²) in [5.74, 6) is -0.389. The van der Waals surface area contributed by atoms with Crippen LogP contribution < -0.4 is 16.6 Å². The Kier molecular flexibility index (Phi) is 5.18. The molecule has 1 amide bonds. The lowest BCUT2D eigenvalue weighted by atomic mass is 9.79. The van der Waals surface area contributed by atoms with Gasteiger partial charge in [0.1, 0.15) is 5.69 Å². The van der Waals surface area contributed by atoms with E-state index >= 15 is 0 Å². The van der Waals surface area contributed by atoms with Gasteiger partial charge in [0.2, 0.25) is 0 Å². The van der Waals surface area contributed by atoms with Gasteiger partial charge < -0.3 is 10.3 Å². The average Bonchev–Trinajstić information content (AvgIpc) is 2.60. The molecule has 1 aromatic heterocycles. The lowest BCUT2D eigenvalue weighted by Gasteiger charge is -2.48. The number of nitrogens with one attached hydrogen (secondary N) is 3. The second-order valence-corrected chi connectivity index (χ2v) is 7.02. The minimum Gasteiger partial charge on any atom is -0.349 e. The Hall–Kier alpha value is -1.89. The number of H-pyrrole nitrogens is 2. The summed E-state index contributed by atoms with van der Waals surface area (Å²) in [4.78, 5) is 42.1. The van der Waals surface area contributed by atoms with Gasteiger partial charge in [0.15, 0.2) is 0 Å². The third-order valence-corrected chi connectivity index (χ3v) is 5.39. The molecule has 24 heavy (non-hydrogen) atoms. The summed E-state index contributed by atoms with van der Waals surface area (Å²) in [6, 6.07) is 1.13. The van der Waals surface area contributed by atoms with Crippen LogP contribution >= 0.6 is 0 Å². The molecule has 0 spiro atoms. The molecule has 7 heteroatoms. The van der Waals surface area contributed by atoms with Gasteiger partial charge in [-0.05, 0) is 38.8 Å². The van der Waals surface area contributed by atoms with E-state index in [0.717, 1.165) is 32.0 Å². The van der Waals surface area contributed by atoms with Crippen molar-refractivity contribution < 1.29 is 4.79 Å². The molecule has 0 bridgehead atoms. The molecule has 1 aliphatic carbocycles. The maximum absolute atomic E-state index is 12.4. The van der Waals surface area contributed by atoms with Crippen LogP contribution in [0.3, 0.4) is 0 Å². The van der Waals surface area contributed by atoms with Crippen LogP contribution in [0, 0.1) is 0 Å². The zero-order chi connectivity index (χ0) is 17.0. The molecule has 1 aromatic rings. The summed E-state index contributed by atoms with van der Waals surface area (Å²) in [6.45, 7) is 2.76. The summed E-state index contributed by atoms with van der Waals surface area (Å²) in [7, 11) is 0. The number of likely N-dealkylation sites (tertiary alicyclic amines) is 1. The van der Waals surface area contributed by atoms with Crippen molar-refractivity contribution in [3.05, 3.63) is 32.6 Å². The molecule has 3 rings (SSSR count). The van der Waals surface area contributed by atoms with Crippen molar-refractivity contribution >= 4 is 5.91 Å². The molecule has 7 nitrogen and oxygen atoms in total. The van der Waals surface area contributed by atoms with Crippen molar-refractivity contribution in [3.63, 3.8) is 0 Å². The molecule has 2 heterocycles. The molecule has 0 unspecified atom stereocenters. The highest BCUT2D eigenvalue weighted by atomic mass is 16.2. The maximum Gasteiger partial charge on any atom is 0.326 e. The highest BCUT2D eigenvalue weighted by Crippen LogP contribution is 2.35. The molecule has 0 radical (unpaired) electrons. The van der Waals surface area contributed by atoms with Gasteiger partial charge in [0.25, 0.3) is 11.5 Å². The fourth-order valence-electron chi connectivity index (χ4n) is 4.11. The fraction of sp³-hybridized carbons (Fsp3) is 0.706. The van der Waals surface area contributed by atoms with Gasteiger partial charge in [-0.25, -0.2) is 4.79 Å². The largest absolute Gasteiger partial charge is 0.349 e. The van der Waals surface area contributed by atoms with Crippen LogP contribution in [-0.2, 0) is 0 Å². The summed E-state index contributed by atoms with van der Waals surface area (Å²) in [6.07, 6.45) is 9.55. The third kappa shape index (κ3) is 3.77.